The first kappa shape index (κ1) is 18.9. The first-order valence-electron chi connectivity index (χ1n) is 7.22. The van der Waals surface area contributed by atoms with Gasteiger partial charge in [0.1, 0.15) is 13.1 Å². The van der Waals surface area contributed by atoms with Gasteiger partial charge in [-0.3, -0.25) is 9.59 Å². The number of hydrogen-bond acceptors (Lipinski definition) is 6. The lowest BCUT2D eigenvalue weighted by Crippen LogP contribution is -2.57. The van der Waals surface area contributed by atoms with Gasteiger partial charge in [0.2, 0.25) is 20.0 Å². The highest BCUT2D eigenvalue weighted by molar-refractivity contribution is 7.90. The zero-order valence-electron chi connectivity index (χ0n) is 12.8. The quantitative estimate of drug-likeness (QED) is 0.603. The first-order chi connectivity index (χ1) is 10.2. The molecule has 0 aromatic heterocycles. The minimum absolute atomic E-state index is 0.231. The Labute approximate surface area is 131 Å². The van der Waals surface area contributed by atoms with Crippen LogP contribution in [0.1, 0.15) is 39.5 Å². The molecule has 0 saturated carbocycles. The summed E-state index contributed by atoms with van der Waals surface area (Å²) in [5, 5.41) is 0. The van der Waals surface area contributed by atoms with Gasteiger partial charge in [0.15, 0.2) is 0 Å². The molecule has 0 bridgehead atoms. The topological polar surface area (TPSA) is 109 Å². The Morgan fingerprint density at radius 2 is 1.09 bits per heavy atom. The Hall–Kier alpha value is -1.16. The van der Waals surface area contributed by atoms with Crippen molar-refractivity contribution in [2.75, 3.05) is 24.6 Å². The number of piperazine rings is 1. The van der Waals surface area contributed by atoms with Crippen LogP contribution in [0, 0.1) is 0 Å². The van der Waals surface area contributed by atoms with Crippen LogP contribution in [-0.2, 0) is 29.6 Å². The number of amides is 2. The first-order valence-corrected chi connectivity index (χ1v) is 10.4. The van der Waals surface area contributed by atoms with E-state index < -0.39 is 45.0 Å². The molecule has 0 aromatic rings. The second kappa shape index (κ2) is 7.40. The summed E-state index contributed by atoms with van der Waals surface area (Å²) >= 11 is 0. The van der Waals surface area contributed by atoms with Crippen LogP contribution in [0.25, 0.3) is 0 Å². The van der Waals surface area contributed by atoms with Crippen LogP contribution < -0.4 is 0 Å². The summed E-state index contributed by atoms with van der Waals surface area (Å²) < 4.78 is 49.0. The van der Waals surface area contributed by atoms with Crippen LogP contribution in [0.5, 0.6) is 0 Å². The highest BCUT2D eigenvalue weighted by Gasteiger charge is 2.41. The van der Waals surface area contributed by atoms with Crippen molar-refractivity contribution >= 4 is 31.9 Å². The third-order valence-corrected chi connectivity index (χ3v) is 6.92. The van der Waals surface area contributed by atoms with Crippen molar-refractivity contribution in [1.82, 2.24) is 8.61 Å². The summed E-state index contributed by atoms with van der Waals surface area (Å²) in [6.07, 6.45) is 2.01. The molecule has 2 amide bonds. The lowest BCUT2D eigenvalue weighted by atomic mass is 10.4. The fraction of sp³-hybridized carbons (Fsp3) is 0.833. The molecule has 0 unspecified atom stereocenters. The van der Waals surface area contributed by atoms with Crippen molar-refractivity contribution in [3.63, 3.8) is 0 Å². The summed E-state index contributed by atoms with van der Waals surface area (Å²) in [6.45, 7) is 2.13. The average Bonchev–Trinajstić information content (AvgIpc) is 2.44. The third kappa shape index (κ3) is 4.42. The molecule has 0 radical (unpaired) electrons. The second-order valence-electron chi connectivity index (χ2n) is 5.14. The highest BCUT2D eigenvalue weighted by atomic mass is 32.2. The Morgan fingerprint density at radius 1 is 0.773 bits per heavy atom. The Kier molecular flexibility index (Phi) is 6.36. The smallest absolute Gasteiger partial charge is 0.257 e. The van der Waals surface area contributed by atoms with E-state index in [1.165, 1.54) is 0 Å². The summed E-state index contributed by atoms with van der Waals surface area (Å²) in [6, 6.07) is 0. The monoisotopic (exact) mass is 354 g/mol. The molecule has 1 aliphatic heterocycles. The molecule has 0 spiro atoms. The van der Waals surface area contributed by atoms with Crippen LogP contribution in [0.4, 0.5) is 0 Å². The van der Waals surface area contributed by atoms with Crippen LogP contribution in [0.3, 0.4) is 0 Å². The molecule has 1 fully saturated rings. The molecule has 8 nitrogen and oxygen atoms in total. The average molecular weight is 354 g/mol. The van der Waals surface area contributed by atoms with Gasteiger partial charge in [-0.1, -0.05) is 26.7 Å². The van der Waals surface area contributed by atoms with Gasteiger partial charge < -0.3 is 0 Å². The van der Waals surface area contributed by atoms with Crippen LogP contribution in [0.2, 0.25) is 0 Å². The third-order valence-electron chi connectivity index (χ3n) is 3.30. The minimum atomic E-state index is -3.87. The normalized spacial score (nSPS) is 17.2. The summed E-state index contributed by atoms with van der Waals surface area (Å²) in [5.41, 5.74) is 0. The fourth-order valence-corrected chi connectivity index (χ4v) is 5.06. The number of nitrogens with zero attached hydrogens (tertiary/aromatic N) is 2. The summed E-state index contributed by atoms with van der Waals surface area (Å²) in [5.74, 6) is -2.22. The molecule has 22 heavy (non-hydrogen) atoms. The standard InChI is InChI=1S/C12H22N2O6S2/c1-3-5-7-21(17,18)13-9-12(16)14(10-11(13)15)22(19,20)8-6-4-2/h3-10H2,1-2H3. The highest BCUT2D eigenvalue weighted by Crippen LogP contribution is 2.16. The number of carbonyl (C=O) groups is 2. The van der Waals surface area contributed by atoms with Gasteiger partial charge in [0, 0.05) is 0 Å². The predicted octanol–water partition coefficient (Wildman–Crippen LogP) is -0.0830. The SMILES string of the molecule is CCCCS(=O)(=O)N1CC(=O)N(S(=O)(=O)CCCC)CC1=O. The molecule has 0 atom stereocenters. The Bertz CT molecular complexity index is 570. The van der Waals surface area contributed by atoms with E-state index in [0.717, 1.165) is 0 Å². The Morgan fingerprint density at radius 3 is 1.36 bits per heavy atom. The predicted molar refractivity (Wildman–Crippen MR) is 80.8 cm³/mol. The largest absolute Gasteiger partial charge is 0.272 e. The molecule has 10 heteroatoms. The van der Waals surface area contributed by atoms with Crippen LogP contribution >= 0.6 is 0 Å². The number of sulfonamides is 2. The van der Waals surface area contributed by atoms with E-state index >= 15 is 0 Å². The van der Waals surface area contributed by atoms with Gasteiger partial charge >= 0.3 is 0 Å². The maximum absolute atomic E-state index is 12.0. The second-order valence-corrected chi connectivity index (χ2v) is 9.17. The molecule has 1 rings (SSSR count). The zero-order valence-corrected chi connectivity index (χ0v) is 14.5. The van der Waals surface area contributed by atoms with Crippen molar-refractivity contribution < 1.29 is 26.4 Å². The molecule has 0 aromatic carbocycles. The maximum atomic E-state index is 12.0. The van der Waals surface area contributed by atoms with Gasteiger partial charge in [-0.25, -0.2) is 25.4 Å². The molecule has 1 heterocycles. The minimum Gasteiger partial charge on any atom is -0.272 e. The number of carbonyl (C=O) groups excluding carboxylic acids is 2. The van der Waals surface area contributed by atoms with Crippen molar-refractivity contribution in [2.45, 2.75) is 39.5 Å². The number of hydrogen-bond donors (Lipinski definition) is 0. The number of rotatable bonds is 8. The van der Waals surface area contributed by atoms with E-state index in [1.807, 2.05) is 0 Å². The molecule has 1 aliphatic rings. The molecule has 0 aliphatic carbocycles. The Balaban J connectivity index is 2.90. The molecule has 128 valence electrons. The molecule has 0 N–H and O–H groups in total. The van der Waals surface area contributed by atoms with Crippen molar-refractivity contribution in [2.24, 2.45) is 0 Å². The van der Waals surface area contributed by atoms with Crippen molar-refractivity contribution in [1.29, 1.82) is 0 Å². The molecular weight excluding hydrogens is 332 g/mol. The van der Waals surface area contributed by atoms with Crippen molar-refractivity contribution in [3.05, 3.63) is 0 Å². The van der Waals surface area contributed by atoms with E-state index in [9.17, 15) is 26.4 Å². The van der Waals surface area contributed by atoms with E-state index in [2.05, 4.69) is 0 Å². The van der Waals surface area contributed by atoms with E-state index in [1.54, 1.807) is 13.8 Å². The van der Waals surface area contributed by atoms with E-state index in [0.29, 0.717) is 34.3 Å². The summed E-state index contributed by atoms with van der Waals surface area (Å²) in [4.78, 5) is 23.9. The maximum Gasteiger partial charge on any atom is 0.257 e. The number of unbranched alkanes of at least 4 members (excludes halogenated alkanes) is 2. The lowest BCUT2D eigenvalue weighted by Gasteiger charge is -2.32. The van der Waals surface area contributed by atoms with Crippen molar-refractivity contribution in [3.8, 4) is 0 Å². The van der Waals surface area contributed by atoms with Gasteiger partial charge in [0.25, 0.3) is 11.8 Å². The molecular formula is C12H22N2O6S2. The van der Waals surface area contributed by atoms with Crippen LogP contribution in [-0.4, -0.2) is 61.9 Å². The van der Waals surface area contributed by atoms with E-state index in [-0.39, 0.29) is 11.5 Å². The van der Waals surface area contributed by atoms with E-state index in [4.69, 9.17) is 0 Å². The lowest BCUT2D eigenvalue weighted by molar-refractivity contribution is -0.141. The summed E-state index contributed by atoms with van der Waals surface area (Å²) in [7, 11) is -7.74. The van der Waals surface area contributed by atoms with Gasteiger partial charge in [-0.05, 0) is 12.8 Å². The fourth-order valence-electron chi connectivity index (χ4n) is 1.96. The van der Waals surface area contributed by atoms with Gasteiger partial charge in [0.05, 0.1) is 11.5 Å². The van der Waals surface area contributed by atoms with Crippen LogP contribution in [0.15, 0.2) is 0 Å². The zero-order chi connectivity index (χ0) is 17.0. The van der Waals surface area contributed by atoms with Gasteiger partial charge in [-0.15, -0.1) is 0 Å². The molecule has 1 saturated heterocycles. The van der Waals surface area contributed by atoms with Gasteiger partial charge in [-0.2, -0.15) is 0 Å².